The third kappa shape index (κ3) is 2.31. The molecular weight excluding hydrogens is 256 g/mol. The van der Waals surface area contributed by atoms with Crippen molar-refractivity contribution in [3.05, 3.63) is 53.5 Å². The van der Waals surface area contributed by atoms with Gasteiger partial charge in [0.2, 0.25) is 5.76 Å². The predicted octanol–water partition coefficient (Wildman–Crippen LogP) is 1.52. The van der Waals surface area contributed by atoms with Gasteiger partial charge in [-0.1, -0.05) is 36.3 Å². The molecule has 0 aliphatic heterocycles. The highest BCUT2D eigenvalue weighted by atomic mass is 16.5. The molecule has 4 heteroatoms. The number of rotatable bonds is 3. The molecule has 1 N–H and O–H groups in total. The van der Waals surface area contributed by atoms with Crippen LogP contribution in [0.5, 0.6) is 0 Å². The van der Waals surface area contributed by atoms with Crippen molar-refractivity contribution in [3.63, 3.8) is 0 Å². The number of carbonyl (C=O) groups is 1. The van der Waals surface area contributed by atoms with Crippen LogP contribution in [0.25, 0.3) is 6.08 Å². The Morgan fingerprint density at radius 3 is 2.50 bits per heavy atom. The first-order chi connectivity index (χ1) is 9.63. The van der Waals surface area contributed by atoms with Crippen LogP contribution >= 0.6 is 0 Å². The van der Waals surface area contributed by atoms with Gasteiger partial charge < -0.3 is 14.6 Å². The molecule has 1 atom stereocenters. The number of ketones is 1. The number of hydrogen-bond donors (Lipinski definition) is 1. The third-order valence-electron chi connectivity index (χ3n) is 2.89. The molecule has 0 fully saturated rings. The summed E-state index contributed by atoms with van der Waals surface area (Å²) in [6.45, 7) is 0. The van der Waals surface area contributed by atoms with Crippen molar-refractivity contribution in [2.75, 3.05) is 14.2 Å². The molecule has 4 nitrogen and oxygen atoms in total. The van der Waals surface area contributed by atoms with E-state index >= 15 is 0 Å². The van der Waals surface area contributed by atoms with Gasteiger partial charge in [0.1, 0.15) is 0 Å². The number of aliphatic hydroxyl groups is 1. The maximum atomic E-state index is 11.7. The molecule has 0 spiro atoms. The minimum Gasteiger partial charge on any atom is -0.493 e. The maximum absolute atomic E-state index is 11.7. The Hall–Kier alpha value is -2.51. The molecule has 20 heavy (non-hydrogen) atoms. The van der Waals surface area contributed by atoms with Crippen LogP contribution < -0.4 is 0 Å². The van der Waals surface area contributed by atoms with Crippen molar-refractivity contribution in [1.29, 1.82) is 0 Å². The Labute approximate surface area is 117 Å². The fraction of sp³-hybridized carbons (Fsp3) is 0.188. The monoisotopic (exact) mass is 270 g/mol. The number of Topliss-reactive ketones (excluding diaryl/α,β-unsaturated/α-hetero) is 1. The van der Waals surface area contributed by atoms with Gasteiger partial charge in [-0.25, -0.2) is 0 Å². The summed E-state index contributed by atoms with van der Waals surface area (Å²) in [6, 6.07) is 9.58. The van der Waals surface area contributed by atoms with Crippen LogP contribution in [-0.2, 0) is 14.3 Å². The summed E-state index contributed by atoms with van der Waals surface area (Å²) < 4.78 is 9.78. The Morgan fingerprint density at radius 2 is 1.90 bits per heavy atom. The molecule has 0 radical (unpaired) electrons. The third-order valence-corrected chi connectivity index (χ3v) is 2.89. The van der Waals surface area contributed by atoms with Crippen molar-refractivity contribution in [1.82, 2.24) is 0 Å². The highest BCUT2D eigenvalue weighted by molar-refractivity contribution is 6.12. The Bertz CT molecular complexity index is 631. The van der Waals surface area contributed by atoms with E-state index in [9.17, 15) is 9.90 Å². The van der Waals surface area contributed by atoms with E-state index < -0.39 is 11.4 Å². The van der Waals surface area contributed by atoms with Crippen LogP contribution in [0.3, 0.4) is 0 Å². The van der Waals surface area contributed by atoms with Gasteiger partial charge in [0.25, 0.3) is 11.4 Å². The van der Waals surface area contributed by atoms with Crippen LogP contribution in [0, 0.1) is 11.8 Å². The van der Waals surface area contributed by atoms with Crippen molar-refractivity contribution >= 4 is 11.9 Å². The lowest BCUT2D eigenvalue weighted by molar-refractivity contribution is -0.138. The maximum Gasteiger partial charge on any atom is 0.255 e. The molecule has 1 aliphatic rings. The lowest BCUT2D eigenvalue weighted by atomic mass is 9.83. The van der Waals surface area contributed by atoms with Crippen LogP contribution in [0.4, 0.5) is 0 Å². The molecule has 0 saturated carbocycles. The molecule has 1 aliphatic carbocycles. The summed E-state index contributed by atoms with van der Waals surface area (Å²) in [7, 11) is 2.70. The van der Waals surface area contributed by atoms with Crippen LogP contribution in [0.15, 0.2) is 47.9 Å². The second-order valence-corrected chi connectivity index (χ2v) is 4.12. The van der Waals surface area contributed by atoms with Crippen molar-refractivity contribution < 1.29 is 19.4 Å². The first-order valence-corrected chi connectivity index (χ1v) is 5.97. The molecule has 102 valence electrons. The topological polar surface area (TPSA) is 55.8 Å². The van der Waals surface area contributed by atoms with E-state index in [2.05, 4.69) is 11.8 Å². The molecule has 1 aromatic rings. The van der Waals surface area contributed by atoms with E-state index in [0.29, 0.717) is 0 Å². The van der Waals surface area contributed by atoms with Crippen molar-refractivity contribution in [2.45, 2.75) is 5.60 Å². The molecule has 0 amide bonds. The number of allylic oxidation sites excluding steroid dienone is 1. The minimum atomic E-state index is -1.90. The highest BCUT2D eigenvalue weighted by Gasteiger charge is 2.55. The Kier molecular flexibility index (Phi) is 3.92. The number of carbonyl (C=O) groups excluding carboxylic acids is 1. The SMILES string of the molecule is COC1=C(OC)C(O)(C#C/C=C/c2ccccc2)C1=O. The van der Waals surface area contributed by atoms with Gasteiger partial charge in [-0.2, -0.15) is 0 Å². The lowest BCUT2D eigenvalue weighted by Crippen LogP contribution is -2.51. The van der Waals surface area contributed by atoms with Crippen LogP contribution in [-0.4, -0.2) is 30.7 Å². The van der Waals surface area contributed by atoms with Gasteiger partial charge in [-0.05, 0) is 23.6 Å². The van der Waals surface area contributed by atoms with Gasteiger partial charge in [0, 0.05) is 0 Å². The molecule has 1 aromatic carbocycles. The molecular formula is C16H14O4. The van der Waals surface area contributed by atoms with Crippen LogP contribution in [0.1, 0.15) is 5.56 Å². The van der Waals surface area contributed by atoms with Gasteiger partial charge in [0.15, 0.2) is 5.76 Å². The summed E-state index contributed by atoms with van der Waals surface area (Å²) in [4.78, 5) is 11.7. The van der Waals surface area contributed by atoms with Gasteiger partial charge in [-0.15, -0.1) is 0 Å². The van der Waals surface area contributed by atoms with Crippen molar-refractivity contribution in [3.8, 4) is 11.8 Å². The van der Waals surface area contributed by atoms with Gasteiger partial charge in [0.05, 0.1) is 14.2 Å². The molecule has 0 heterocycles. The number of hydrogen-bond acceptors (Lipinski definition) is 4. The zero-order chi connectivity index (χ0) is 14.6. The molecule has 0 bridgehead atoms. The average Bonchev–Trinajstić information content (AvgIpc) is 2.49. The number of ether oxygens (including phenoxy) is 2. The fourth-order valence-corrected chi connectivity index (χ4v) is 1.86. The summed E-state index contributed by atoms with van der Waals surface area (Å²) in [5.74, 6) is 4.60. The molecule has 0 aromatic heterocycles. The molecule has 0 saturated heterocycles. The highest BCUT2D eigenvalue weighted by Crippen LogP contribution is 2.35. The van der Waals surface area contributed by atoms with E-state index in [1.54, 1.807) is 12.2 Å². The largest absolute Gasteiger partial charge is 0.493 e. The smallest absolute Gasteiger partial charge is 0.255 e. The zero-order valence-electron chi connectivity index (χ0n) is 11.2. The fourth-order valence-electron chi connectivity index (χ4n) is 1.86. The molecule has 2 rings (SSSR count). The summed E-state index contributed by atoms with van der Waals surface area (Å²) >= 11 is 0. The Morgan fingerprint density at radius 1 is 1.20 bits per heavy atom. The summed E-state index contributed by atoms with van der Waals surface area (Å²) in [5.41, 5.74) is -0.921. The van der Waals surface area contributed by atoms with E-state index in [4.69, 9.17) is 9.47 Å². The Balaban J connectivity index is 2.16. The van der Waals surface area contributed by atoms with Gasteiger partial charge >= 0.3 is 0 Å². The number of methoxy groups -OCH3 is 2. The van der Waals surface area contributed by atoms with E-state index in [1.807, 2.05) is 30.3 Å². The number of benzene rings is 1. The lowest BCUT2D eigenvalue weighted by Gasteiger charge is -2.32. The molecule has 1 unspecified atom stereocenters. The second kappa shape index (κ2) is 5.64. The van der Waals surface area contributed by atoms with Gasteiger partial charge in [-0.3, -0.25) is 4.79 Å². The van der Waals surface area contributed by atoms with E-state index in [1.165, 1.54) is 14.2 Å². The predicted molar refractivity (Wildman–Crippen MR) is 74.3 cm³/mol. The summed E-state index contributed by atoms with van der Waals surface area (Å²) in [6.07, 6.45) is 3.35. The van der Waals surface area contributed by atoms with E-state index in [0.717, 1.165) is 5.56 Å². The van der Waals surface area contributed by atoms with E-state index in [-0.39, 0.29) is 11.5 Å². The standard InChI is InChI=1S/C16H14O4/c1-19-13-14(17)16(18,15(13)20-2)11-7-6-10-12-8-4-3-5-9-12/h3-6,8-10,18H,1-2H3/b10-6+. The second-order valence-electron chi connectivity index (χ2n) is 4.12. The first kappa shape index (κ1) is 13.9. The summed E-state index contributed by atoms with van der Waals surface area (Å²) in [5, 5.41) is 10.1. The first-order valence-electron chi connectivity index (χ1n) is 5.97. The van der Waals surface area contributed by atoms with Crippen LogP contribution in [0.2, 0.25) is 0 Å². The zero-order valence-corrected chi connectivity index (χ0v) is 11.2. The minimum absolute atomic E-state index is 0.0105. The van der Waals surface area contributed by atoms with Crippen molar-refractivity contribution in [2.24, 2.45) is 0 Å². The quantitative estimate of drug-likeness (QED) is 0.846. The normalized spacial score (nSPS) is 21.2. The average molecular weight is 270 g/mol.